The molecule has 0 radical (unpaired) electrons. The fourth-order valence-electron chi connectivity index (χ4n) is 0.819. The van der Waals surface area contributed by atoms with E-state index in [0.717, 1.165) is 0 Å². The first-order valence-corrected chi connectivity index (χ1v) is 3.90. The number of aldehydes is 1. The number of halogens is 1. The predicted octanol–water partition coefficient (Wildman–Crippen LogP) is 1.95. The van der Waals surface area contributed by atoms with E-state index in [-0.39, 0.29) is 5.15 Å². The van der Waals surface area contributed by atoms with E-state index in [2.05, 4.69) is 4.98 Å². The zero-order valence-corrected chi connectivity index (χ0v) is 7.34. The second-order valence-corrected chi connectivity index (χ2v) is 2.42. The number of carbonyl (C=O) groups excluding carboxylic acids is 1. The first kappa shape index (κ1) is 9.00. The lowest BCUT2D eigenvalue weighted by Gasteiger charge is -2.05. The molecule has 1 aromatic rings. The molecular weight excluding hydrogens is 178 g/mol. The molecule has 0 saturated heterocycles. The summed E-state index contributed by atoms with van der Waals surface area (Å²) >= 11 is 5.64. The van der Waals surface area contributed by atoms with Gasteiger partial charge >= 0.3 is 0 Å². The molecule has 1 aromatic heterocycles. The lowest BCUT2D eigenvalue weighted by atomic mass is 10.3. The molecule has 0 N–H and O–H groups in total. The Morgan fingerprint density at radius 3 is 3.08 bits per heavy atom. The molecule has 0 bridgehead atoms. The standard InChI is InChI=1S/C8H8ClNO2/c1-2-12-7-3-4-10-8(9)6(7)5-11/h3-5H,2H2,1H3. The van der Waals surface area contributed by atoms with Crippen molar-refractivity contribution in [3.05, 3.63) is 23.0 Å². The molecule has 0 aliphatic carbocycles. The van der Waals surface area contributed by atoms with Gasteiger partial charge in [0.15, 0.2) is 6.29 Å². The van der Waals surface area contributed by atoms with Crippen LogP contribution >= 0.6 is 11.6 Å². The summed E-state index contributed by atoms with van der Waals surface area (Å²) in [5, 5.41) is 0.177. The predicted molar refractivity (Wildman–Crippen MR) is 45.8 cm³/mol. The fraction of sp³-hybridized carbons (Fsp3) is 0.250. The Morgan fingerprint density at radius 1 is 1.75 bits per heavy atom. The summed E-state index contributed by atoms with van der Waals surface area (Å²) in [6.45, 7) is 2.34. The Labute approximate surface area is 75.3 Å². The van der Waals surface area contributed by atoms with E-state index < -0.39 is 0 Å². The van der Waals surface area contributed by atoms with Gasteiger partial charge in [-0.05, 0) is 13.0 Å². The number of carbonyl (C=O) groups is 1. The van der Waals surface area contributed by atoms with Crippen LogP contribution in [0.15, 0.2) is 12.3 Å². The molecular formula is C8H8ClNO2. The normalized spacial score (nSPS) is 9.50. The molecule has 4 heteroatoms. The first-order chi connectivity index (χ1) is 5.79. The summed E-state index contributed by atoms with van der Waals surface area (Å²) in [6, 6.07) is 1.61. The molecule has 0 amide bonds. The molecule has 0 unspecified atom stereocenters. The van der Waals surface area contributed by atoms with E-state index in [1.807, 2.05) is 6.92 Å². The Balaban J connectivity index is 3.09. The molecule has 3 nitrogen and oxygen atoms in total. The van der Waals surface area contributed by atoms with E-state index >= 15 is 0 Å². The number of hydrogen-bond donors (Lipinski definition) is 0. The molecule has 0 fully saturated rings. The second kappa shape index (κ2) is 4.07. The third-order valence-corrected chi connectivity index (χ3v) is 1.62. The van der Waals surface area contributed by atoms with Gasteiger partial charge in [0, 0.05) is 6.20 Å². The summed E-state index contributed by atoms with van der Waals surface area (Å²) in [6.07, 6.45) is 2.14. The Morgan fingerprint density at radius 2 is 2.50 bits per heavy atom. The van der Waals surface area contributed by atoms with E-state index in [1.165, 1.54) is 6.20 Å². The number of pyridine rings is 1. The van der Waals surface area contributed by atoms with Gasteiger partial charge in [-0.25, -0.2) is 4.98 Å². The highest BCUT2D eigenvalue weighted by Crippen LogP contribution is 2.21. The van der Waals surface area contributed by atoms with Crippen molar-refractivity contribution in [2.24, 2.45) is 0 Å². The van der Waals surface area contributed by atoms with Gasteiger partial charge in [-0.15, -0.1) is 0 Å². The zero-order chi connectivity index (χ0) is 8.97. The summed E-state index contributed by atoms with van der Waals surface area (Å²) in [5.41, 5.74) is 0.306. The Bertz CT molecular complexity index is 288. The molecule has 0 aliphatic rings. The van der Waals surface area contributed by atoms with Gasteiger partial charge in [-0.3, -0.25) is 4.79 Å². The SMILES string of the molecule is CCOc1ccnc(Cl)c1C=O. The minimum atomic E-state index is 0.177. The van der Waals surface area contributed by atoms with Crippen molar-refractivity contribution in [2.75, 3.05) is 6.61 Å². The van der Waals surface area contributed by atoms with Crippen molar-refractivity contribution in [2.45, 2.75) is 6.92 Å². The van der Waals surface area contributed by atoms with Gasteiger partial charge < -0.3 is 4.74 Å². The molecule has 0 atom stereocenters. The van der Waals surface area contributed by atoms with Crippen LogP contribution in [0.25, 0.3) is 0 Å². The molecule has 0 saturated carbocycles. The number of aromatic nitrogens is 1. The van der Waals surface area contributed by atoms with Gasteiger partial charge in [0.25, 0.3) is 0 Å². The van der Waals surface area contributed by atoms with Gasteiger partial charge in [0.1, 0.15) is 10.9 Å². The van der Waals surface area contributed by atoms with Crippen LogP contribution in [-0.4, -0.2) is 17.9 Å². The van der Waals surface area contributed by atoms with Crippen LogP contribution in [0.2, 0.25) is 5.15 Å². The highest BCUT2D eigenvalue weighted by Gasteiger charge is 2.06. The largest absolute Gasteiger partial charge is 0.493 e. The average Bonchev–Trinajstić information content (AvgIpc) is 2.05. The maximum Gasteiger partial charge on any atom is 0.156 e. The maximum atomic E-state index is 10.5. The molecule has 0 aliphatic heterocycles. The third kappa shape index (κ3) is 1.74. The minimum absolute atomic E-state index is 0.177. The van der Waals surface area contributed by atoms with Crippen LogP contribution in [0.5, 0.6) is 5.75 Å². The fourth-order valence-corrected chi connectivity index (χ4v) is 1.01. The topological polar surface area (TPSA) is 39.2 Å². The zero-order valence-electron chi connectivity index (χ0n) is 6.58. The average molecular weight is 186 g/mol. The molecule has 0 spiro atoms. The van der Waals surface area contributed by atoms with Crippen molar-refractivity contribution in [3.63, 3.8) is 0 Å². The monoisotopic (exact) mass is 185 g/mol. The third-order valence-electron chi connectivity index (χ3n) is 1.32. The maximum absolute atomic E-state index is 10.5. The van der Waals surface area contributed by atoms with Crippen LogP contribution in [0.1, 0.15) is 17.3 Å². The van der Waals surface area contributed by atoms with Crippen LogP contribution in [0.3, 0.4) is 0 Å². The molecule has 12 heavy (non-hydrogen) atoms. The van der Waals surface area contributed by atoms with Crippen LogP contribution in [-0.2, 0) is 0 Å². The first-order valence-electron chi connectivity index (χ1n) is 3.52. The number of ether oxygens (including phenoxy) is 1. The Hall–Kier alpha value is -1.09. The van der Waals surface area contributed by atoms with Crippen molar-refractivity contribution in [3.8, 4) is 5.75 Å². The molecule has 1 rings (SSSR count). The van der Waals surface area contributed by atoms with Gasteiger partial charge in [-0.2, -0.15) is 0 Å². The number of nitrogens with zero attached hydrogens (tertiary/aromatic N) is 1. The lowest BCUT2D eigenvalue weighted by Crippen LogP contribution is -1.97. The van der Waals surface area contributed by atoms with Crippen LogP contribution < -0.4 is 4.74 Å². The second-order valence-electron chi connectivity index (χ2n) is 2.06. The van der Waals surface area contributed by atoms with E-state index in [1.54, 1.807) is 6.07 Å². The minimum Gasteiger partial charge on any atom is -0.493 e. The summed E-state index contributed by atoms with van der Waals surface area (Å²) < 4.78 is 5.15. The van der Waals surface area contributed by atoms with Crippen LogP contribution in [0, 0.1) is 0 Å². The summed E-state index contributed by atoms with van der Waals surface area (Å²) in [4.78, 5) is 14.3. The summed E-state index contributed by atoms with van der Waals surface area (Å²) in [5.74, 6) is 0.479. The highest BCUT2D eigenvalue weighted by molar-refractivity contribution is 6.32. The van der Waals surface area contributed by atoms with Crippen molar-refractivity contribution >= 4 is 17.9 Å². The van der Waals surface area contributed by atoms with Gasteiger partial charge in [-0.1, -0.05) is 11.6 Å². The molecule has 64 valence electrons. The quantitative estimate of drug-likeness (QED) is 0.534. The van der Waals surface area contributed by atoms with E-state index in [0.29, 0.717) is 24.2 Å². The van der Waals surface area contributed by atoms with Crippen molar-refractivity contribution < 1.29 is 9.53 Å². The highest BCUT2D eigenvalue weighted by atomic mass is 35.5. The van der Waals surface area contributed by atoms with Crippen LogP contribution in [0.4, 0.5) is 0 Å². The van der Waals surface area contributed by atoms with E-state index in [9.17, 15) is 4.79 Å². The number of rotatable bonds is 3. The van der Waals surface area contributed by atoms with Gasteiger partial charge in [0.05, 0.1) is 12.2 Å². The lowest BCUT2D eigenvalue weighted by molar-refractivity contribution is 0.111. The Kier molecular flexibility index (Phi) is 3.05. The van der Waals surface area contributed by atoms with Crippen molar-refractivity contribution in [1.29, 1.82) is 0 Å². The van der Waals surface area contributed by atoms with E-state index in [4.69, 9.17) is 16.3 Å². The molecule has 1 heterocycles. The van der Waals surface area contributed by atoms with Gasteiger partial charge in [0.2, 0.25) is 0 Å². The molecule has 0 aromatic carbocycles. The smallest absolute Gasteiger partial charge is 0.156 e. The van der Waals surface area contributed by atoms with Crippen molar-refractivity contribution in [1.82, 2.24) is 4.98 Å². The summed E-state index contributed by atoms with van der Waals surface area (Å²) in [7, 11) is 0. The number of hydrogen-bond acceptors (Lipinski definition) is 3.